The molecule has 1 aromatic heterocycles. The normalized spacial score (nSPS) is 12.0. The first-order chi connectivity index (χ1) is 9.86. The first-order valence-corrected chi connectivity index (χ1v) is 9.19. The molecule has 8 heteroatoms. The fourth-order valence-electron chi connectivity index (χ4n) is 1.86. The summed E-state index contributed by atoms with van der Waals surface area (Å²) in [7, 11) is -3.83. The van der Waals surface area contributed by atoms with E-state index in [9.17, 15) is 12.8 Å². The second-order valence-corrected chi connectivity index (χ2v) is 8.74. The number of nitrogen functional groups attached to an aromatic ring is 1. The van der Waals surface area contributed by atoms with Gasteiger partial charge in [0.15, 0.2) is 0 Å². The first kappa shape index (κ1) is 16.4. The monoisotopic (exact) mass is 392 g/mol. The maximum Gasteiger partial charge on any atom is 0.245 e. The Bertz CT molecular complexity index is 746. The fourth-order valence-corrected chi connectivity index (χ4v) is 4.99. The van der Waals surface area contributed by atoms with Crippen molar-refractivity contribution in [1.82, 2.24) is 4.31 Å². The summed E-state index contributed by atoms with van der Waals surface area (Å²) in [5, 5.41) is 0. The van der Waals surface area contributed by atoms with Gasteiger partial charge in [0.1, 0.15) is 10.7 Å². The molecule has 2 rings (SSSR count). The number of para-hydroxylation sites is 1. The first-order valence-electron chi connectivity index (χ1n) is 6.14. The molecule has 1 heterocycles. The van der Waals surface area contributed by atoms with E-state index in [1.54, 1.807) is 6.92 Å². The van der Waals surface area contributed by atoms with E-state index in [1.165, 1.54) is 27.8 Å². The third kappa shape index (κ3) is 3.45. The number of halogens is 2. The smallest absolute Gasteiger partial charge is 0.245 e. The van der Waals surface area contributed by atoms with E-state index in [1.807, 2.05) is 12.1 Å². The minimum atomic E-state index is -3.83. The van der Waals surface area contributed by atoms with Crippen LogP contribution < -0.4 is 5.73 Å². The predicted molar refractivity (Wildman–Crippen MR) is 86.1 cm³/mol. The van der Waals surface area contributed by atoms with Crippen molar-refractivity contribution in [2.75, 3.05) is 12.3 Å². The molecule has 0 saturated carbocycles. The summed E-state index contributed by atoms with van der Waals surface area (Å²) in [6, 6.07) is 7.51. The fraction of sp³-hybridized carbons (Fsp3) is 0.231. The third-order valence-electron chi connectivity index (χ3n) is 2.94. The van der Waals surface area contributed by atoms with Gasteiger partial charge in [0.25, 0.3) is 0 Å². The Labute approximate surface area is 135 Å². The molecule has 0 fully saturated rings. The van der Waals surface area contributed by atoms with E-state index >= 15 is 0 Å². The molecule has 0 spiro atoms. The van der Waals surface area contributed by atoms with Gasteiger partial charge >= 0.3 is 0 Å². The van der Waals surface area contributed by atoms with Crippen molar-refractivity contribution in [2.45, 2.75) is 18.4 Å². The molecule has 2 N–H and O–H groups in total. The van der Waals surface area contributed by atoms with Crippen LogP contribution >= 0.6 is 27.3 Å². The Morgan fingerprint density at radius 1 is 1.33 bits per heavy atom. The van der Waals surface area contributed by atoms with Crippen molar-refractivity contribution in [1.29, 1.82) is 0 Å². The molecule has 0 bridgehead atoms. The van der Waals surface area contributed by atoms with E-state index in [4.69, 9.17) is 5.73 Å². The lowest BCUT2D eigenvalue weighted by Crippen LogP contribution is -2.30. The van der Waals surface area contributed by atoms with Gasteiger partial charge in [-0.3, -0.25) is 0 Å². The summed E-state index contributed by atoms with van der Waals surface area (Å²) in [6.07, 6.45) is 0. The molecule has 0 atom stereocenters. The summed E-state index contributed by atoms with van der Waals surface area (Å²) < 4.78 is 40.9. The SMILES string of the molecule is CCN(Cc1ccc(Br)s1)S(=O)(=O)c1cccc(F)c1N. The number of thiophene rings is 1. The Kier molecular flexibility index (Phi) is 5.03. The van der Waals surface area contributed by atoms with Gasteiger partial charge in [-0.05, 0) is 40.2 Å². The van der Waals surface area contributed by atoms with Crippen molar-refractivity contribution >= 4 is 43.0 Å². The molecule has 0 radical (unpaired) electrons. The van der Waals surface area contributed by atoms with Gasteiger partial charge in [-0.2, -0.15) is 4.31 Å². The van der Waals surface area contributed by atoms with E-state index in [0.29, 0.717) is 0 Å². The number of anilines is 1. The molecular formula is C13H14BrFN2O2S2. The number of rotatable bonds is 5. The molecular weight excluding hydrogens is 379 g/mol. The van der Waals surface area contributed by atoms with Crippen LogP contribution in [0.4, 0.5) is 10.1 Å². The molecule has 114 valence electrons. The standard InChI is InChI=1S/C13H14BrFN2O2S2/c1-2-17(8-9-6-7-12(14)20-9)21(18,19)11-5-3-4-10(15)13(11)16/h3-7H,2,8,16H2,1H3. The Hall–Kier alpha value is -0.960. The maximum absolute atomic E-state index is 13.5. The number of nitrogens with zero attached hydrogens (tertiary/aromatic N) is 1. The van der Waals surface area contributed by atoms with Crippen LogP contribution in [0.15, 0.2) is 39.0 Å². The summed E-state index contributed by atoms with van der Waals surface area (Å²) in [5.74, 6) is -0.731. The minimum absolute atomic E-state index is 0.194. The molecule has 0 unspecified atom stereocenters. The van der Waals surface area contributed by atoms with Crippen molar-refractivity contribution < 1.29 is 12.8 Å². The second kappa shape index (κ2) is 6.43. The average molecular weight is 393 g/mol. The van der Waals surface area contributed by atoms with Crippen molar-refractivity contribution in [3.8, 4) is 0 Å². The third-order valence-corrected chi connectivity index (χ3v) is 6.53. The average Bonchev–Trinajstić information content (AvgIpc) is 2.84. The number of benzene rings is 1. The van der Waals surface area contributed by atoms with Crippen LogP contribution in [0.5, 0.6) is 0 Å². The van der Waals surface area contributed by atoms with Gasteiger partial charge in [0, 0.05) is 18.0 Å². The lowest BCUT2D eigenvalue weighted by Gasteiger charge is -2.20. The molecule has 2 aromatic rings. The Morgan fingerprint density at radius 3 is 2.62 bits per heavy atom. The van der Waals surface area contributed by atoms with Crippen LogP contribution in [0.3, 0.4) is 0 Å². The van der Waals surface area contributed by atoms with E-state index < -0.39 is 15.8 Å². The molecule has 0 saturated heterocycles. The van der Waals surface area contributed by atoms with Gasteiger partial charge in [-0.25, -0.2) is 12.8 Å². The highest BCUT2D eigenvalue weighted by Crippen LogP contribution is 2.28. The number of hydrogen-bond donors (Lipinski definition) is 1. The quantitative estimate of drug-likeness (QED) is 0.792. The maximum atomic E-state index is 13.5. The highest BCUT2D eigenvalue weighted by Gasteiger charge is 2.26. The summed E-state index contributed by atoms with van der Waals surface area (Å²) >= 11 is 4.80. The van der Waals surface area contributed by atoms with E-state index in [2.05, 4.69) is 15.9 Å². The molecule has 0 aliphatic carbocycles. The van der Waals surface area contributed by atoms with Crippen LogP contribution in [-0.2, 0) is 16.6 Å². The number of nitrogens with two attached hydrogens (primary N) is 1. The molecule has 4 nitrogen and oxygen atoms in total. The molecule has 0 aliphatic heterocycles. The molecule has 1 aromatic carbocycles. The van der Waals surface area contributed by atoms with Gasteiger partial charge in [-0.15, -0.1) is 11.3 Å². The van der Waals surface area contributed by atoms with Crippen LogP contribution in [0.25, 0.3) is 0 Å². The lowest BCUT2D eigenvalue weighted by atomic mass is 10.3. The van der Waals surface area contributed by atoms with Gasteiger partial charge in [-0.1, -0.05) is 13.0 Å². The summed E-state index contributed by atoms with van der Waals surface area (Å²) in [4.78, 5) is 0.697. The molecule has 21 heavy (non-hydrogen) atoms. The van der Waals surface area contributed by atoms with Gasteiger partial charge in [0.2, 0.25) is 10.0 Å². The Morgan fingerprint density at radius 2 is 2.05 bits per heavy atom. The van der Waals surface area contributed by atoms with Crippen LogP contribution in [0.1, 0.15) is 11.8 Å². The molecule has 0 amide bonds. The van der Waals surface area contributed by atoms with Crippen LogP contribution in [0.2, 0.25) is 0 Å². The highest BCUT2D eigenvalue weighted by atomic mass is 79.9. The van der Waals surface area contributed by atoms with Crippen LogP contribution in [0, 0.1) is 5.82 Å². The van der Waals surface area contributed by atoms with Crippen LogP contribution in [-0.4, -0.2) is 19.3 Å². The highest BCUT2D eigenvalue weighted by molar-refractivity contribution is 9.11. The largest absolute Gasteiger partial charge is 0.395 e. The zero-order chi connectivity index (χ0) is 15.6. The van der Waals surface area contributed by atoms with E-state index in [0.717, 1.165) is 14.7 Å². The van der Waals surface area contributed by atoms with Crippen molar-refractivity contribution in [2.24, 2.45) is 0 Å². The minimum Gasteiger partial charge on any atom is -0.395 e. The van der Waals surface area contributed by atoms with E-state index in [-0.39, 0.29) is 23.7 Å². The second-order valence-electron chi connectivity index (χ2n) is 4.29. The van der Waals surface area contributed by atoms with Crippen molar-refractivity contribution in [3.63, 3.8) is 0 Å². The molecule has 0 aliphatic rings. The topological polar surface area (TPSA) is 63.4 Å². The van der Waals surface area contributed by atoms with Gasteiger partial charge < -0.3 is 5.73 Å². The van der Waals surface area contributed by atoms with Crippen molar-refractivity contribution in [3.05, 3.63) is 44.8 Å². The predicted octanol–water partition coefficient (Wildman–Crippen LogP) is 3.44. The van der Waals surface area contributed by atoms with Gasteiger partial charge in [0.05, 0.1) is 9.47 Å². The summed E-state index contributed by atoms with van der Waals surface area (Å²) in [6.45, 7) is 2.23. The zero-order valence-electron chi connectivity index (χ0n) is 11.2. The number of sulfonamides is 1. The lowest BCUT2D eigenvalue weighted by molar-refractivity contribution is 0.426. The Balaban J connectivity index is 2.38. The summed E-state index contributed by atoms with van der Waals surface area (Å²) in [5.41, 5.74) is 5.23. The zero-order valence-corrected chi connectivity index (χ0v) is 14.4. The number of hydrogen-bond acceptors (Lipinski definition) is 4.